The van der Waals surface area contributed by atoms with Gasteiger partial charge in [-0.2, -0.15) is 0 Å². The van der Waals surface area contributed by atoms with Gasteiger partial charge >= 0.3 is 0 Å². The second-order valence-corrected chi connectivity index (χ2v) is 6.07. The van der Waals surface area contributed by atoms with E-state index in [1.165, 1.54) is 11.3 Å². The molecule has 0 saturated heterocycles. The van der Waals surface area contributed by atoms with Crippen molar-refractivity contribution in [1.29, 1.82) is 0 Å². The fourth-order valence-electron chi connectivity index (χ4n) is 1.10. The van der Waals surface area contributed by atoms with Gasteiger partial charge < -0.3 is 10.4 Å². The minimum Gasteiger partial charge on any atom is -0.394 e. The Morgan fingerprint density at radius 2 is 2.27 bits per heavy atom. The van der Waals surface area contributed by atoms with E-state index in [-0.39, 0.29) is 24.5 Å². The van der Waals surface area contributed by atoms with Crippen molar-refractivity contribution in [2.45, 2.75) is 19.9 Å². The minimum atomic E-state index is -0.182. The van der Waals surface area contributed by atoms with Crippen LogP contribution < -0.4 is 5.32 Å². The van der Waals surface area contributed by atoms with Crippen molar-refractivity contribution in [3.63, 3.8) is 0 Å². The number of aliphatic hydroxyl groups excluding tert-OH is 1. The number of amides is 1. The Balaban J connectivity index is 2.62. The van der Waals surface area contributed by atoms with Crippen molar-refractivity contribution in [3.8, 4) is 0 Å². The molecule has 2 N–H and O–H groups in total. The fourth-order valence-corrected chi connectivity index (χ4v) is 2.39. The molecule has 0 aliphatic rings. The topological polar surface area (TPSA) is 49.3 Å². The predicted octanol–water partition coefficient (Wildman–Crippen LogP) is 2.26. The number of carbonyl (C=O) groups is 1. The van der Waals surface area contributed by atoms with Crippen molar-refractivity contribution < 1.29 is 9.90 Å². The monoisotopic (exact) mass is 291 g/mol. The minimum absolute atomic E-state index is 0.0318. The molecule has 0 aromatic carbocycles. The second-order valence-electron chi connectivity index (χ2n) is 3.61. The molecule has 3 nitrogen and oxygen atoms in total. The number of aliphatic hydroxyl groups is 1. The van der Waals surface area contributed by atoms with E-state index in [0.717, 1.165) is 3.79 Å². The van der Waals surface area contributed by atoms with Crippen LogP contribution in [0.2, 0.25) is 0 Å². The summed E-state index contributed by atoms with van der Waals surface area (Å²) < 4.78 is 0.928. The zero-order valence-electron chi connectivity index (χ0n) is 8.66. The lowest BCUT2D eigenvalue weighted by molar-refractivity contribution is 0.0901. The summed E-state index contributed by atoms with van der Waals surface area (Å²) in [7, 11) is 0. The quantitative estimate of drug-likeness (QED) is 0.894. The third kappa shape index (κ3) is 3.59. The number of hydrogen-bond donors (Lipinski definition) is 2. The molecule has 0 aliphatic carbocycles. The molecule has 1 amide bonds. The van der Waals surface area contributed by atoms with E-state index in [1.54, 1.807) is 6.07 Å². The Kier molecular flexibility index (Phi) is 4.76. The highest BCUT2D eigenvalue weighted by Crippen LogP contribution is 2.22. The van der Waals surface area contributed by atoms with Gasteiger partial charge in [-0.05, 0) is 34.0 Å². The summed E-state index contributed by atoms with van der Waals surface area (Å²) in [4.78, 5) is 12.4. The second kappa shape index (κ2) is 5.63. The predicted molar refractivity (Wildman–Crippen MR) is 65.2 cm³/mol. The Bertz CT molecular complexity index is 338. The van der Waals surface area contributed by atoms with Gasteiger partial charge in [0.2, 0.25) is 0 Å². The number of carbonyl (C=O) groups excluding carboxylic acids is 1. The van der Waals surface area contributed by atoms with Gasteiger partial charge in [-0.25, -0.2) is 0 Å². The molecular weight excluding hydrogens is 278 g/mol. The molecule has 1 heterocycles. The molecule has 5 heteroatoms. The Hall–Kier alpha value is -0.390. The molecule has 1 aromatic rings. The zero-order chi connectivity index (χ0) is 11.4. The van der Waals surface area contributed by atoms with Crippen LogP contribution in [0.1, 0.15) is 23.5 Å². The molecule has 1 rings (SSSR count). The van der Waals surface area contributed by atoms with Crippen LogP contribution in [-0.4, -0.2) is 23.7 Å². The molecular formula is C10H14BrNO2S. The maximum Gasteiger partial charge on any atom is 0.261 e. The van der Waals surface area contributed by atoms with E-state index in [9.17, 15) is 4.79 Å². The standard InChI is InChI=1S/C10H14BrNO2S/c1-6(2)7(5-13)12-10(14)8-3-4-9(11)15-8/h3-4,6-7,13H,5H2,1-2H3,(H,12,14). The lowest BCUT2D eigenvalue weighted by atomic mass is 10.1. The van der Waals surface area contributed by atoms with Crippen LogP contribution in [0.25, 0.3) is 0 Å². The molecule has 0 aliphatic heterocycles. The van der Waals surface area contributed by atoms with Crippen LogP contribution in [0, 0.1) is 5.92 Å². The van der Waals surface area contributed by atoms with Crippen LogP contribution >= 0.6 is 27.3 Å². The van der Waals surface area contributed by atoms with Crippen LogP contribution in [0.3, 0.4) is 0 Å². The molecule has 15 heavy (non-hydrogen) atoms. The van der Waals surface area contributed by atoms with E-state index in [0.29, 0.717) is 4.88 Å². The average Bonchev–Trinajstić information content (AvgIpc) is 2.60. The first-order chi connectivity index (χ1) is 7.04. The van der Waals surface area contributed by atoms with E-state index >= 15 is 0 Å². The zero-order valence-corrected chi connectivity index (χ0v) is 11.1. The smallest absolute Gasteiger partial charge is 0.261 e. The lowest BCUT2D eigenvalue weighted by Crippen LogP contribution is -2.40. The van der Waals surface area contributed by atoms with E-state index in [1.807, 2.05) is 19.9 Å². The number of thiophene rings is 1. The SMILES string of the molecule is CC(C)C(CO)NC(=O)c1ccc(Br)s1. The van der Waals surface area contributed by atoms with Gasteiger partial charge in [0, 0.05) is 0 Å². The number of nitrogens with one attached hydrogen (secondary N) is 1. The number of rotatable bonds is 4. The van der Waals surface area contributed by atoms with Crippen LogP contribution in [0.4, 0.5) is 0 Å². The van der Waals surface area contributed by atoms with Gasteiger partial charge in [-0.15, -0.1) is 11.3 Å². The first-order valence-corrected chi connectivity index (χ1v) is 6.32. The van der Waals surface area contributed by atoms with Crippen LogP contribution in [-0.2, 0) is 0 Å². The average molecular weight is 292 g/mol. The van der Waals surface area contributed by atoms with E-state index < -0.39 is 0 Å². The number of hydrogen-bond acceptors (Lipinski definition) is 3. The van der Waals surface area contributed by atoms with Crippen molar-refractivity contribution in [2.75, 3.05) is 6.61 Å². The van der Waals surface area contributed by atoms with E-state index in [4.69, 9.17) is 5.11 Å². The van der Waals surface area contributed by atoms with Gasteiger partial charge in [0.05, 0.1) is 21.3 Å². The maximum atomic E-state index is 11.7. The largest absolute Gasteiger partial charge is 0.394 e. The van der Waals surface area contributed by atoms with E-state index in [2.05, 4.69) is 21.2 Å². The van der Waals surface area contributed by atoms with Gasteiger partial charge in [0.25, 0.3) is 5.91 Å². The molecule has 0 radical (unpaired) electrons. The van der Waals surface area contributed by atoms with Crippen molar-refractivity contribution in [1.82, 2.24) is 5.32 Å². The highest BCUT2D eigenvalue weighted by molar-refractivity contribution is 9.11. The van der Waals surface area contributed by atoms with Gasteiger partial charge in [-0.3, -0.25) is 4.79 Å². The first-order valence-electron chi connectivity index (χ1n) is 4.71. The molecule has 0 spiro atoms. The summed E-state index contributed by atoms with van der Waals surface area (Å²) in [6.07, 6.45) is 0. The summed E-state index contributed by atoms with van der Waals surface area (Å²) >= 11 is 4.68. The Morgan fingerprint density at radius 3 is 2.67 bits per heavy atom. The van der Waals surface area contributed by atoms with Crippen molar-refractivity contribution in [2.24, 2.45) is 5.92 Å². The fraction of sp³-hybridized carbons (Fsp3) is 0.500. The summed E-state index contributed by atoms with van der Waals surface area (Å²) in [5.74, 6) is 0.0980. The third-order valence-corrected chi connectivity index (χ3v) is 3.74. The van der Waals surface area contributed by atoms with Crippen molar-refractivity contribution in [3.05, 3.63) is 20.8 Å². The highest BCUT2D eigenvalue weighted by atomic mass is 79.9. The van der Waals surface area contributed by atoms with Gasteiger partial charge in [0.15, 0.2) is 0 Å². The van der Waals surface area contributed by atoms with Crippen LogP contribution in [0.15, 0.2) is 15.9 Å². The Morgan fingerprint density at radius 1 is 1.60 bits per heavy atom. The Labute approximate surface area is 102 Å². The summed E-state index contributed by atoms with van der Waals surface area (Å²) in [5.41, 5.74) is 0. The molecule has 0 fully saturated rings. The lowest BCUT2D eigenvalue weighted by Gasteiger charge is -2.19. The molecule has 1 atom stereocenters. The third-order valence-electron chi connectivity index (χ3n) is 2.11. The van der Waals surface area contributed by atoms with Gasteiger partial charge in [-0.1, -0.05) is 13.8 Å². The van der Waals surface area contributed by atoms with Crippen LogP contribution in [0.5, 0.6) is 0 Å². The molecule has 1 unspecified atom stereocenters. The van der Waals surface area contributed by atoms with Crippen molar-refractivity contribution >= 4 is 33.2 Å². The summed E-state index contributed by atoms with van der Waals surface area (Å²) in [6.45, 7) is 3.90. The molecule has 0 bridgehead atoms. The summed E-state index contributed by atoms with van der Waals surface area (Å²) in [5, 5.41) is 11.9. The highest BCUT2D eigenvalue weighted by Gasteiger charge is 2.16. The molecule has 84 valence electrons. The first kappa shape index (κ1) is 12.7. The molecule has 0 saturated carbocycles. The maximum absolute atomic E-state index is 11.7. The molecule has 1 aromatic heterocycles. The van der Waals surface area contributed by atoms with Gasteiger partial charge in [0.1, 0.15) is 0 Å². The normalized spacial score (nSPS) is 12.9. The number of halogens is 1. The summed E-state index contributed by atoms with van der Waals surface area (Å²) in [6, 6.07) is 3.42.